The standard InChI is InChI=1S/C30H32Cl2N2O2/c31-25-17-16-24(27(32)20-25)19-29(35)34(21-23-12-6-2-7-13-23)28(18-22-10-4-1-5-11-22)30(36)33-26-14-8-3-9-15-26/h1-2,4-7,10-13,16-17,20,26,28H,3,8-9,14-15,18-19,21H2,(H,33,36)/t28-/m0/s1. The van der Waals surface area contributed by atoms with E-state index >= 15 is 0 Å². The van der Waals surface area contributed by atoms with Crippen LogP contribution in [0.3, 0.4) is 0 Å². The minimum Gasteiger partial charge on any atom is -0.352 e. The first-order valence-electron chi connectivity index (χ1n) is 12.6. The third kappa shape index (κ3) is 7.35. The molecule has 0 aromatic heterocycles. The monoisotopic (exact) mass is 522 g/mol. The Morgan fingerprint density at radius 2 is 1.50 bits per heavy atom. The van der Waals surface area contributed by atoms with Gasteiger partial charge in [-0.2, -0.15) is 0 Å². The van der Waals surface area contributed by atoms with Gasteiger partial charge in [0.1, 0.15) is 6.04 Å². The van der Waals surface area contributed by atoms with Crippen molar-refractivity contribution in [1.82, 2.24) is 10.2 Å². The van der Waals surface area contributed by atoms with Gasteiger partial charge in [-0.15, -0.1) is 0 Å². The van der Waals surface area contributed by atoms with Crippen molar-refractivity contribution in [3.05, 3.63) is 106 Å². The Balaban J connectivity index is 1.65. The number of rotatable bonds is 9. The summed E-state index contributed by atoms with van der Waals surface area (Å²) in [4.78, 5) is 29.3. The van der Waals surface area contributed by atoms with Crippen LogP contribution in [0.25, 0.3) is 0 Å². The lowest BCUT2D eigenvalue weighted by Crippen LogP contribution is -2.53. The summed E-state index contributed by atoms with van der Waals surface area (Å²) in [5.74, 6) is -0.250. The van der Waals surface area contributed by atoms with Crippen molar-refractivity contribution in [3.63, 3.8) is 0 Å². The van der Waals surface area contributed by atoms with Crippen molar-refractivity contribution in [2.75, 3.05) is 0 Å². The summed E-state index contributed by atoms with van der Waals surface area (Å²) in [6.45, 7) is 0.334. The molecule has 0 aliphatic heterocycles. The van der Waals surface area contributed by atoms with Crippen LogP contribution in [0, 0.1) is 0 Å². The third-order valence-corrected chi connectivity index (χ3v) is 7.36. The summed E-state index contributed by atoms with van der Waals surface area (Å²) in [7, 11) is 0. The molecule has 1 fully saturated rings. The maximum Gasteiger partial charge on any atom is 0.243 e. The molecule has 0 spiro atoms. The Morgan fingerprint density at radius 1 is 0.861 bits per heavy atom. The van der Waals surface area contributed by atoms with E-state index < -0.39 is 6.04 Å². The van der Waals surface area contributed by atoms with Crippen LogP contribution in [0.5, 0.6) is 0 Å². The molecule has 6 heteroatoms. The third-order valence-electron chi connectivity index (χ3n) is 6.78. The van der Waals surface area contributed by atoms with Crippen LogP contribution in [-0.2, 0) is 29.0 Å². The molecule has 1 aliphatic rings. The lowest BCUT2D eigenvalue weighted by atomic mass is 9.94. The summed E-state index contributed by atoms with van der Waals surface area (Å²) in [5, 5.41) is 4.23. The van der Waals surface area contributed by atoms with Gasteiger partial charge < -0.3 is 10.2 Å². The van der Waals surface area contributed by atoms with E-state index in [-0.39, 0.29) is 24.3 Å². The molecule has 2 amide bonds. The lowest BCUT2D eigenvalue weighted by molar-refractivity contribution is -0.141. The number of amides is 2. The molecular weight excluding hydrogens is 491 g/mol. The van der Waals surface area contributed by atoms with Crippen LogP contribution < -0.4 is 5.32 Å². The smallest absolute Gasteiger partial charge is 0.243 e. The van der Waals surface area contributed by atoms with Crippen molar-refractivity contribution in [2.45, 2.75) is 63.6 Å². The summed E-state index contributed by atoms with van der Waals surface area (Å²) in [5.41, 5.74) is 2.67. The van der Waals surface area contributed by atoms with Gasteiger partial charge in [-0.3, -0.25) is 9.59 Å². The topological polar surface area (TPSA) is 49.4 Å². The van der Waals surface area contributed by atoms with Crippen molar-refractivity contribution in [3.8, 4) is 0 Å². The van der Waals surface area contributed by atoms with Gasteiger partial charge in [-0.1, -0.05) is 109 Å². The minimum atomic E-state index is -0.645. The zero-order valence-corrected chi connectivity index (χ0v) is 21.8. The highest BCUT2D eigenvalue weighted by atomic mass is 35.5. The quantitative estimate of drug-likeness (QED) is 0.343. The zero-order valence-electron chi connectivity index (χ0n) is 20.3. The number of nitrogens with one attached hydrogen (secondary N) is 1. The Labute approximate surface area is 223 Å². The van der Waals surface area contributed by atoms with E-state index in [0.717, 1.165) is 36.8 Å². The predicted molar refractivity (Wildman–Crippen MR) is 146 cm³/mol. The summed E-state index contributed by atoms with van der Waals surface area (Å²) in [6, 6.07) is 24.3. The fourth-order valence-corrected chi connectivity index (χ4v) is 5.28. The van der Waals surface area contributed by atoms with Crippen LogP contribution in [0.1, 0.15) is 48.8 Å². The molecule has 1 aliphatic carbocycles. The molecule has 0 bridgehead atoms. The van der Waals surface area contributed by atoms with Gasteiger partial charge in [0.15, 0.2) is 0 Å². The van der Waals surface area contributed by atoms with Gasteiger partial charge in [0.2, 0.25) is 11.8 Å². The van der Waals surface area contributed by atoms with Crippen LogP contribution in [0.2, 0.25) is 10.0 Å². The molecule has 3 aromatic carbocycles. The second-order valence-corrected chi connectivity index (χ2v) is 10.3. The van der Waals surface area contributed by atoms with E-state index in [1.54, 1.807) is 23.1 Å². The summed E-state index contributed by atoms with van der Waals surface area (Å²) < 4.78 is 0. The molecule has 188 valence electrons. The highest BCUT2D eigenvalue weighted by Gasteiger charge is 2.32. The lowest BCUT2D eigenvalue weighted by Gasteiger charge is -2.33. The molecule has 1 atom stereocenters. The average Bonchev–Trinajstić information content (AvgIpc) is 2.89. The average molecular weight is 524 g/mol. The Kier molecular flexibility index (Phi) is 9.43. The zero-order chi connectivity index (χ0) is 25.3. The van der Waals surface area contributed by atoms with Crippen LogP contribution >= 0.6 is 23.2 Å². The molecular formula is C30H32Cl2N2O2. The van der Waals surface area contributed by atoms with E-state index in [1.807, 2.05) is 60.7 Å². The normalized spacial score (nSPS) is 14.7. The molecule has 0 unspecified atom stereocenters. The van der Waals surface area contributed by atoms with E-state index in [9.17, 15) is 9.59 Å². The van der Waals surface area contributed by atoms with E-state index in [4.69, 9.17) is 23.2 Å². The number of hydrogen-bond acceptors (Lipinski definition) is 2. The molecule has 4 nitrogen and oxygen atoms in total. The molecule has 4 rings (SSSR count). The summed E-state index contributed by atoms with van der Waals surface area (Å²) in [6.07, 6.45) is 5.94. The van der Waals surface area contributed by atoms with Gasteiger partial charge in [0.25, 0.3) is 0 Å². The maximum absolute atomic E-state index is 13.8. The second-order valence-electron chi connectivity index (χ2n) is 9.47. The first-order chi connectivity index (χ1) is 17.5. The van der Waals surface area contributed by atoms with Crippen LogP contribution in [-0.4, -0.2) is 28.8 Å². The van der Waals surface area contributed by atoms with Crippen LogP contribution in [0.15, 0.2) is 78.9 Å². The number of carbonyl (C=O) groups excluding carboxylic acids is 2. The fourth-order valence-electron chi connectivity index (χ4n) is 4.81. The molecule has 0 saturated heterocycles. The first-order valence-corrected chi connectivity index (χ1v) is 13.4. The van der Waals surface area contributed by atoms with Gasteiger partial charge >= 0.3 is 0 Å². The number of nitrogens with zero attached hydrogens (tertiary/aromatic N) is 1. The molecule has 36 heavy (non-hydrogen) atoms. The van der Waals surface area contributed by atoms with E-state index in [0.29, 0.717) is 28.6 Å². The molecule has 3 aromatic rings. The van der Waals surface area contributed by atoms with E-state index in [1.165, 1.54) is 6.42 Å². The predicted octanol–water partition coefficient (Wildman–Crippen LogP) is 6.62. The minimum absolute atomic E-state index is 0.0881. The molecule has 0 heterocycles. The number of halogens is 2. The molecule has 1 N–H and O–H groups in total. The molecule has 0 radical (unpaired) electrons. The first kappa shape index (κ1) is 26.2. The fraction of sp³-hybridized carbons (Fsp3) is 0.333. The van der Waals surface area contributed by atoms with Crippen molar-refractivity contribution in [1.29, 1.82) is 0 Å². The number of benzene rings is 3. The van der Waals surface area contributed by atoms with Crippen molar-refractivity contribution >= 4 is 35.0 Å². The number of carbonyl (C=O) groups is 2. The largest absolute Gasteiger partial charge is 0.352 e. The SMILES string of the molecule is O=C(NC1CCCCC1)[C@H](Cc1ccccc1)N(Cc1ccccc1)C(=O)Cc1ccc(Cl)cc1Cl. The van der Waals surface area contributed by atoms with Gasteiger partial charge in [-0.25, -0.2) is 0 Å². The van der Waals surface area contributed by atoms with Crippen molar-refractivity contribution < 1.29 is 9.59 Å². The van der Waals surface area contributed by atoms with E-state index in [2.05, 4.69) is 5.32 Å². The Bertz CT molecular complexity index is 1150. The Hall–Kier alpha value is -2.82. The van der Waals surface area contributed by atoms with Gasteiger partial charge in [0.05, 0.1) is 6.42 Å². The maximum atomic E-state index is 13.8. The number of hydrogen-bond donors (Lipinski definition) is 1. The molecule has 1 saturated carbocycles. The highest BCUT2D eigenvalue weighted by molar-refractivity contribution is 6.35. The second kappa shape index (κ2) is 12.9. The van der Waals surface area contributed by atoms with Gasteiger partial charge in [-0.05, 0) is 41.7 Å². The van der Waals surface area contributed by atoms with Gasteiger partial charge in [0, 0.05) is 29.1 Å². The highest BCUT2D eigenvalue weighted by Crippen LogP contribution is 2.24. The Morgan fingerprint density at radius 3 is 2.14 bits per heavy atom. The summed E-state index contributed by atoms with van der Waals surface area (Å²) >= 11 is 12.5. The van der Waals surface area contributed by atoms with Crippen molar-refractivity contribution in [2.24, 2.45) is 0 Å². The van der Waals surface area contributed by atoms with Crippen LogP contribution in [0.4, 0.5) is 0 Å².